The lowest BCUT2D eigenvalue weighted by Gasteiger charge is -2.09. The van der Waals surface area contributed by atoms with Gasteiger partial charge in [-0.15, -0.1) is 0 Å². The monoisotopic (exact) mass is 282 g/mol. The molecule has 86 valence electrons. The second kappa shape index (κ2) is 5.00. The van der Waals surface area contributed by atoms with Gasteiger partial charge in [-0.25, -0.2) is 0 Å². The third kappa shape index (κ3) is 3.34. The van der Waals surface area contributed by atoms with Crippen molar-refractivity contribution in [3.63, 3.8) is 0 Å². The van der Waals surface area contributed by atoms with Gasteiger partial charge in [-0.3, -0.25) is 4.79 Å². The van der Waals surface area contributed by atoms with E-state index >= 15 is 0 Å². The van der Waals surface area contributed by atoms with Gasteiger partial charge in [0, 0.05) is 6.42 Å². The summed E-state index contributed by atoms with van der Waals surface area (Å²) in [4.78, 5) is 11.0. The Kier molecular flexibility index (Phi) is 3.64. The molecule has 0 radical (unpaired) electrons. The van der Waals surface area contributed by atoms with Crippen molar-refractivity contribution >= 4 is 21.7 Å². The number of carbonyl (C=O) groups excluding carboxylic acids is 1. The topological polar surface area (TPSA) is 26.3 Å². The minimum Gasteiger partial charge on any atom is -0.492 e. The lowest BCUT2D eigenvalue weighted by atomic mass is 10.1. The molecule has 0 aliphatic heterocycles. The van der Waals surface area contributed by atoms with E-state index < -0.39 is 0 Å². The van der Waals surface area contributed by atoms with Crippen LogP contribution in [0.2, 0.25) is 0 Å². The van der Waals surface area contributed by atoms with Crippen LogP contribution < -0.4 is 4.74 Å². The van der Waals surface area contributed by atoms with Crippen molar-refractivity contribution in [1.82, 2.24) is 0 Å². The molecule has 0 aromatic heterocycles. The number of rotatable bonds is 5. The number of Topliss-reactive ketones (excluding diaryl/α,β-unsaturated/α-hetero) is 1. The lowest BCUT2D eigenvalue weighted by Crippen LogP contribution is -2.01. The smallest absolute Gasteiger partial charge is 0.134 e. The molecule has 0 atom stereocenters. The Morgan fingerprint density at radius 3 is 2.88 bits per heavy atom. The van der Waals surface area contributed by atoms with Crippen LogP contribution in [0.4, 0.5) is 0 Å². The second-order valence-corrected chi connectivity index (χ2v) is 5.25. The van der Waals surface area contributed by atoms with Crippen molar-refractivity contribution in [3.8, 4) is 5.75 Å². The first-order valence-electron chi connectivity index (χ1n) is 5.56. The van der Waals surface area contributed by atoms with Gasteiger partial charge in [0.25, 0.3) is 0 Å². The summed E-state index contributed by atoms with van der Waals surface area (Å²) in [6.07, 6.45) is 3.04. The van der Waals surface area contributed by atoms with E-state index in [1.165, 1.54) is 12.8 Å². The van der Waals surface area contributed by atoms with Gasteiger partial charge < -0.3 is 4.74 Å². The molecular formula is C13H15BrO2. The molecule has 1 aromatic carbocycles. The minimum atomic E-state index is 0.176. The standard InChI is InChI=1S/C13H15BrO2/c1-9(15)6-11-4-5-12(14)13(7-11)16-8-10-2-3-10/h4-5,7,10H,2-3,6,8H2,1H3. The second-order valence-electron chi connectivity index (χ2n) is 4.40. The maximum Gasteiger partial charge on any atom is 0.134 e. The van der Waals surface area contributed by atoms with Crippen molar-refractivity contribution in [2.75, 3.05) is 6.61 Å². The van der Waals surface area contributed by atoms with Gasteiger partial charge in [0.05, 0.1) is 11.1 Å². The maximum absolute atomic E-state index is 11.0. The van der Waals surface area contributed by atoms with E-state index in [9.17, 15) is 4.79 Å². The number of ketones is 1. The molecular weight excluding hydrogens is 268 g/mol. The molecule has 2 rings (SSSR count). The van der Waals surface area contributed by atoms with Crippen molar-refractivity contribution in [2.45, 2.75) is 26.2 Å². The lowest BCUT2D eigenvalue weighted by molar-refractivity contribution is -0.116. The fourth-order valence-electron chi connectivity index (χ4n) is 1.55. The summed E-state index contributed by atoms with van der Waals surface area (Å²) in [5.41, 5.74) is 1.02. The SMILES string of the molecule is CC(=O)Cc1ccc(Br)c(OCC2CC2)c1. The normalized spacial score (nSPS) is 14.9. The van der Waals surface area contributed by atoms with Gasteiger partial charge in [-0.2, -0.15) is 0 Å². The van der Waals surface area contributed by atoms with E-state index in [4.69, 9.17) is 4.74 Å². The fraction of sp³-hybridized carbons (Fsp3) is 0.462. The maximum atomic E-state index is 11.0. The molecule has 16 heavy (non-hydrogen) atoms. The highest BCUT2D eigenvalue weighted by atomic mass is 79.9. The van der Waals surface area contributed by atoms with E-state index in [1.807, 2.05) is 18.2 Å². The number of hydrogen-bond acceptors (Lipinski definition) is 2. The summed E-state index contributed by atoms with van der Waals surface area (Å²) in [5, 5.41) is 0. The first kappa shape index (κ1) is 11.6. The molecule has 2 nitrogen and oxygen atoms in total. The number of benzene rings is 1. The van der Waals surface area contributed by atoms with Gasteiger partial charge in [0.15, 0.2) is 0 Å². The van der Waals surface area contributed by atoms with Crippen LogP contribution >= 0.6 is 15.9 Å². The van der Waals surface area contributed by atoms with Crippen LogP contribution in [0.1, 0.15) is 25.3 Å². The minimum absolute atomic E-state index is 0.176. The van der Waals surface area contributed by atoms with Gasteiger partial charge in [-0.05, 0) is 59.3 Å². The molecule has 3 heteroatoms. The van der Waals surface area contributed by atoms with Gasteiger partial charge in [0.1, 0.15) is 11.5 Å². The third-order valence-corrected chi connectivity index (χ3v) is 3.28. The van der Waals surface area contributed by atoms with Crippen LogP contribution in [0.5, 0.6) is 5.75 Å². The zero-order valence-corrected chi connectivity index (χ0v) is 10.9. The summed E-state index contributed by atoms with van der Waals surface area (Å²) < 4.78 is 6.68. The highest BCUT2D eigenvalue weighted by molar-refractivity contribution is 9.10. The zero-order valence-electron chi connectivity index (χ0n) is 9.33. The van der Waals surface area contributed by atoms with Crippen LogP contribution in [0.25, 0.3) is 0 Å². The molecule has 0 heterocycles. The van der Waals surface area contributed by atoms with E-state index in [-0.39, 0.29) is 5.78 Å². The predicted molar refractivity (Wildman–Crippen MR) is 66.7 cm³/mol. The highest BCUT2D eigenvalue weighted by Crippen LogP contribution is 2.32. The molecule has 1 fully saturated rings. The Bertz CT molecular complexity index is 397. The van der Waals surface area contributed by atoms with E-state index in [0.717, 1.165) is 28.3 Å². The van der Waals surface area contributed by atoms with E-state index in [2.05, 4.69) is 15.9 Å². The Morgan fingerprint density at radius 2 is 2.25 bits per heavy atom. The summed E-state index contributed by atoms with van der Waals surface area (Å²) in [7, 11) is 0. The molecule has 0 saturated heterocycles. The quantitative estimate of drug-likeness (QED) is 0.828. The van der Waals surface area contributed by atoms with Crippen molar-refractivity contribution in [1.29, 1.82) is 0 Å². The molecule has 1 aromatic rings. The Balaban J connectivity index is 2.04. The van der Waals surface area contributed by atoms with Crippen molar-refractivity contribution in [2.24, 2.45) is 5.92 Å². The summed E-state index contributed by atoms with van der Waals surface area (Å²) in [5.74, 6) is 1.77. The molecule has 1 aliphatic rings. The molecule has 0 N–H and O–H groups in total. The van der Waals surface area contributed by atoms with Gasteiger partial charge in [-0.1, -0.05) is 6.07 Å². The number of halogens is 1. The molecule has 0 spiro atoms. The largest absolute Gasteiger partial charge is 0.492 e. The van der Waals surface area contributed by atoms with Crippen molar-refractivity contribution in [3.05, 3.63) is 28.2 Å². The number of ether oxygens (including phenoxy) is 1. The summed E-state index contributed by atoms with van der Waals surface area (Å²) in [6, 6.07) is 5.85. The van der Waals surface area contributed by atoms with Crippen molar-refractivity contribution < 1.29 is 9.53 Å². The summed E-state index contributed by atoms with van der Waals surface area (Å²) >= 11 is 3.46. The molecule has 0 unspecified atom stereocenters. The average Bonchev–Trinajstić information content (AvgIpc) is 3.02. The van der Waals surface area contributed by atoms with E-state index in [0.29, 0.717) is 6.42 Å². The molecule has 1 saturated carbocycles. The third-order valence-electron chi connectivity index (χ3n) is 2.62. The van der Waals surface area contributed by atoms with E-state index in [1.54, 1.807) is 6.92 Å². The molecule has 1 aliphatic carbocycles. The first-order valence-corrected chi connectivity index (χ1v) is 6.35. The highest BCUT2D eigenvalue weighted by Gasteiger charge is 2.22. The van der Waals surface area contributed by atoms with Crippen LogP contribution in [0, 0.1) is 5.92 Å². The molecule has 0 amide bonds. The van der Waals surface area contributed by atoms with Crippen LogP contribution in [0.15, 0.2) is 22.7 Å². The average molecular weight is 283 g/mol. The van der Waals surface area contributed by atoms with Crippen LogP contribution in [0.3, 0.4) is 0 Å². The van der Waals surface area contributed by atoms with Gasteiger partial charge in [0.2, 0.25) is 0 Å². The zero-order chi connectivity index (χ0) is 11.5. The predicted octanol–water partition coefficient (Wildman–Crippen LogP) is 3.37. The summed E-state index contributed by atoms with van der Waals surface area (Å²) in [6.45, 7) is 2.40. The Labute approximate surface area is 104 Å². The van der Waals surface area contributed by atoms with Crippen LogP contribution in [-0.2, 0) is 11.2 Å². The van der Waals surface area contributed by atoms with Crippen LogP contribution in [-0.4, -0.2) is 12.4 Å². The van der Waals surface area contributed by atoms with Gasteiger partial charge >= 0.3 is 0 Å². The number of hydrogen-bond donors (Lipinski definition) is 0. The first-order chi connectivity index (χ1) is 7.65. The Morgan fingerprint density at radius 1 is 1.50 bits per heavy atom. The molecule has 0 bridgehead atoms. The Hall–Kier alpha value is -0.830. The number of carbonyl (C=O) groups is 1. The fourth-order valence-corrected chi connectivity index (χ4v) is 1.91.